The van der Waals surface area contributed by atoms with Crippen LogP contribution in [0.4, 0.5) is 0 Å². The minimum Gasteiger partial charge on any atom is -0.0776 e. The zero-order valence-electron chi connectivity index (χ0n) is 0.500. The van der Waals surface area contributed by atoms with Gasteiger partial charge in [0.1, 0.15) is 0 Å². The third-order valence-electron chi connectivity index (χ3n) is 0. The monoisotopic (exact) mass is 302 g/mol. The van der Waals surface area contributed by atoms with Crippen LogP contribution in [0, 0.1) is 31.1 Å². The first-order valence-corrected chi connectivity index (χ1v) is 0. The summed E-state index contributed by atoms with van der Waals surface area (Å²) in [6, 6.07) is 0. The Bertz CT molecular complexity index is 3.61. The van der Waals surface area contributed by atoms with Crippen LogP contribution in [-0.4, -0.2) is 0 Å². The molecule has 0 saturated heterocycles. The fourth-order valence-electron chi connectivity index (χ4n) is 0. The molecule has 0 aromatic carbocycles. The van der Waals surface area contributed by atoms with Gasteiger partial charge >= 0.3 is 0 Å². The molecule has 0 aliphatic heterocycles. The van der Waals surface area contributed by atoms with E-state index in [0.29, 0.717) is 0 Å². The molecule has 0 amide bonds. The molecule has 0 spiro atoms. The minimum absolute atomic E-state index is 0. The van der Waals surface area contributed by atoms with E-state index in [1.807, 2.05) is 0 Å². The van der Waals surface area contributed by atoms with Crippen LogP contribution in [0.2, 0.25) is 0 Å². The molecule has 5 heavy (non-hydrogen) atoms. The first-order chi connectivity index (χ1) is 0. The van der Waals surface area contributed by atoms with Gasteiger partial charge in [-0.15, -0.1) is 0 Å². The Morgan fingerprint density at radius 3 is 0.400 bits per heavy atom. The molecule has 0 rings (SSSR count). The van der Waals surface area contributed by atoms with E-state index in [-0.39, 0.29) is 60.8 Å². The predicted molar refractivity (Wildman–Crippen MR) is 26.9 cm³/mol. The van der Waals surface area contributed by atoms with E-state index in [0.717, 1.165) is 0 Å². The summed E-state index contributed by atoms with van der Waals surface area (Å²) in [5, 5.41) is 0. The quantitative estimate of drug-likeness (QED) is 0.645. The van der Waals surface area contributed by atoms with Gasteiger partial charge in [-0.3, -0.25) is 0 Å². The Morgan fingerprint density at radius 1 is 0.400 bits per heavy atom. The summed E-state index contributed by atoms with van der Waals surface area (Å²) in [5.41, 5.74) is 0. The first kappa shape index (κ1) is 140. The molecule has 0 atom stereocenters. The Kier molecular flexibility index (Phi) is 2090. The van der Waals surface area contributed by atoms with Crippen molar-refractivity contribution >= 4 is 0 Å². The van der Waals surface area contributed by atoms with E-state index < -0.39 is 0 Å². The zero-order valence-corrected chi connectivity index (χ0v) is 4.66. The first-order valence-electron chi connectivity index (χ1n) is 0. The van der Waals surface area contributed by atoms with Gasteiger partial charge in [0, 0.05) is 31.1 Å². The molecule has 0 nitrogen and oxygen atoms in total. The molecule has 0 N–H and O–H groups in total. The summed E-state index contributed by atoms with van der Waals surface area (Å²) in [6.45, 7) is 0. The van der Waals surface area contributed by atoms with Gasteiger partial charge in [0.25, 0.3) is 0 Å². The fourth-order valence-corrected chi connectivity index (χ4v) is 0. The van der Waals surface area contributed by atoms with Gasteiger partial charge in [0.15, 0.2) is 0 Å². The van der Waals surface area contributed by atoms with Crippen LogP contribution in [0.5, 0.6) is 0 Å². The number of hydrogen-bond acceptors (Lipinski definition) is 0. The molecule has 1 heteroatoms. The van der Waals surface area contributed by atoms with Gasteiger partial charge in [-0.1, -0.05) is 29.7 Å². The Balaban J connectivity index is 0. The molecule has 0 radical (unpaired) electrons. The van der Waals surface area contributed by atoms with Crippen molar-refractivity contribution in [1.82, 2.24) is 0 Å². The normalized spacial score (nSPS) is 0. The molecule has 0 saturated carbocycles. The fraction of sp³-hybridized carbons (Fsp3) is 1.00. The maximum atomic E-state index is 0. The second kappa shape index (κ2) is 75.0. The van der Waals surface area contributed by atoms with Crippen molar-refractivity contribution in [1.29, 1.82) is 0 Å². The topological polar surface area (TPSA) is 0 Å². The van der Waals surface area contributed by atoms with E-state index in [1.165, 1.54) is 0 Å². The van der Waals surface area contributed by atoms with Crippen molar-refractivity contribution in [3.63, 3.8) is 0 Å². The van der Waals surface area contributed by atoms with Crippen LogP contribution in [0.15, 0.2) is 0 Å². The molecule has 0 heterocycles. The molecule has 0 aliphatic rings. The Morgan fingerprint density at radius 2 is 0.400 bits per heavy atom. The van der Waals surface area contributed by atoms with Crippen molar-refractivity contribution in [2.75, 3.05) is 0 Å². The number of rotatable bonds is 0. The average molecular weight is 302 g/mol. The van der Waals surface area contributed by atoms with Gasteiger partial charge in [-0.2, -0.15) is 0 Å². The van der Waals surface area contributed by atoms with Crippen molar-refractivity contribution < 1.29 is 31.1 Å². The van der Waals surface area contributed by atoms with E-state index in [2.05, 4.69) is 0 Å². The van der Waals surface area contributed by atoms with E-state index in [4.69, 9.17) is 0 Å². The molecular weight excluding hydrogens is 286 g/mol. The summed E-state index contributed by atoms with van der Waals surface area (Å²) >= 11 is 0. The van der Waals surface area contributed by atoms with Crippen molar-refractivity contribution in [3.05, 3.63) is 0 Å². The van der Waals surface area contributed by atoms with Crippen molar-refractivity contribution in [2.24, 2.45) is 0 Å². The largest absolute Gasteiger partial charge is 0.0776 e. The summed E-state index contributed by atoms with van der Waals surface area (Å²) < 4.78 is 0. The molecular formula is C4H16U. The average Bonchev–Trinajstić information content (AvgIpc) is 0. The van der Waals surface area contributed by atoms with Crippen molar-refractivity contribution in [3.8, 4) is 0 Å². The Hall–Kier alpha value is 1.05. The SMILES string of the molecule is C.C.C.C.[U]. The van der Waals surface area contributed by atoms with Gasteiger partial charge in [0.05, 0.1) is 0 Å². The van der Waals surface area contributed by atoms with Crippen LogP contribution in [-0.2, 0) is 0 Å². The predicted octanol–water partition coefficient (Wildman–Crippen LogP) is 2.54. The molecule has 0 aliphatic carbocycles. The van der Waals surface area contributed by atoms with Gasteiger partial charge in [-0.25, -0.2) is 0 Å². The summed E-state index contributed by atoms with van der Waals surface area (Å²) in [4.78, 5) is 0. The number of hydrogen-bond donors (Lipinski definition) is 0. The maximum Gasteiger partial charge on any atom is 0 e. The summed E-state index contributed by atoms with van der Waals surface area (Å²) in [6.07, 6.45) is 0. The Labute approximate surface area is 60.7 Å². The zero-order chi connectivity index (χ0) is 0. The molecule has 0 fully saturated rings. The van der Waals surface area contributed by atoms with Gasteiger partial charge in [-0.05, 0) is 0 Å². The molecule has 36 valence electrons. The van der Waals surface area contributed by atoms with E-state index in [9.17, 15) is 0 Å². The summed E-state index contributed by atoms with van der Waals surface area (Å²) in [5.74, 6) is 0. The smallest absolute Gasteiger partial charge is 0 e. The van der Waals surface area contributed by atoms with Crippen molar-refractivity contribution in [2.45, 2.75) is 29.7 Å². The van der Waals surface area contributed by atoms with Crippen LogP contribution in [0.1, 0.15) is 29.7 Å². The molecule has 0 unspecified atom stereocenters. The maximum absolute atomic E-state index is 0. The second-order valence-electron chi connectivity index (χ2n) is 0. The van der Waals surface area contributed by atoms with Gasteiger partial charge < -0.3 is 0 Å². The minimum atomic E-state index is 0. The second-order valence-corrected chi connectivity index (χ2v) is 0. The molecule has 0 bridgehead atoms. The molecule has 0 aromatic rings. The third kappa shape index (κ3) is 42.5. The molecule has 0 aromatic heterocycles. The van der Waals surface area contributed by atoms with Crippen LogP contribution >= 0.6 is 0 Å². The summed E-state index contributed by atoms with van der Waals surface area (Å²) in [7, 11) is 0. The van der Waals surface area contributed by atoms with Crippen LogP contribution in [0.3, 0.4) is 0 Å². The van der Waals surface area contributed by atoms with Gasteiger partial charge in [0.2, 0.25) is 0 Å². The van der Waals surface area contributed by atoms with E-state index >= 15 is 0 Å². The van der Waals surface area contributed by atoms with Crippen LogP contribution in [0.25, 0.3) is 0 Å². The standard InChI is InChI=1S/4CH4.U/h4*1H4;. The van der Waals surface area contributed by atoms with Crippen LogP contribution < -0.4 is 0 Å². The van der Waals surface area contributed by atoms with E-state index in [1.54, 1.807) is 0 Å². The third-order valence-corrected chi connectivity index (χ3v) is 0.